The Morgan fingerprint density at radius 3 is 2.14 bits per heavy atom. The van der Waals surface area contributed by atoms with Gasteiger partial charge in [-0.3, -0.25) is 9.59 Å². The van der Waals surface area contributed by atoms with Gasteiger partial charge in [0, 0.05) is 13.1 Å². The van der Waals surface area contributed by atoms with Crippen molar-refractivity contribution in [2.45, 2.75) is 58.2 Å². The Morgan fingerprint density at radius 1 is 1.00 bits per heavy atom. The largest absolute Gasteiger partial charge is 0.380 e. The molecule has 2 unspecified atom stereocenters. The second-order valence-electron chi connectivity index (χ2n) is 4.91. The zero-order valence-electron chi connectivity index (χ0n) is 13.0. The number of allylic oxidation sites excluding steroid dienone is 1. The molecule has 6 nitrogen and oxygen atoms in total. The van der Waals surface area contributed by atoms with Crippen LogP contribution in [0.15, 0.2) is 12.2 Å². The smallest absolute Gasteiger partial charge is 0.252 e. The lowest BCUT2D eigenvalue weighted by atomic mass is 10.1. The number of hydrogen-bond acceptors (Lipinski definition) is 4. The third-order valence-electron chi connectivity index (χ3n) is 3.05. The molecule has 0 aliphatic carbocycles. The minimum Gasteiger partial charge on any atom is -0.380 e. The van der Waals surface area contributed by atoms with E-state index in [1.54, 1.807) is 19.1 Å². The summed E-state index contributed by atoms with van der Waals surface area (Å²) < 4.78 is 0. The number of aliphatic hydroxyl groups is 2. The minimum absolute atomic E-state index is 0.248. The Balaban J connectivity index is 3.93. The zero-order chi connectivity index (χ0) is 16.1. The summed E-state index contributed by atoms with van der Waals surface area (Å²) >= 11 is 0. The van der Waals surface area contributed by atoms with Crippen LogP contribution in [-0.2, 0) is 9.59 Å². The van der Waals surface area contributed by atoms with Gasteiger partial charge in [0.15, 0.2) is 12.2 Å². The summed E-state index contributed by atoms with van der Waals surface area (Å²) in [7, 11) is 0. The van der Waals surface area contributed by atoms with E-state index in [1.807, 2.05) is 0 Å². The van der Waals surface area contributed by atoms with Crippen LogP contribution in [0.1, 0.15) is 46.0 Å². The summed E-state index contributed by atoms with van der Waals surface area (Å²) in [4.78, 5) is 23.1. The number of aliphatic hydroxyl groups excluding tert-OH is 2. The van der Waals surface area contributed by atoms with Gasteiger partial charge in [-0.2, -0.15) is 0 Å². The van der Waals surface area contributed by atoms with Crippen LogP contribution in [0.2, 0.25) is 0 Å². The second kappa shape index (κ2) is 12.3. The SMILES string of the molecule is CC=CCNC(=O)C(O)C(O)C(=O)NCCCCCCC. The quantitative estimate of drug-likeness (QED) is 0.329. The molecule has 0 fully saturated rings. The standard InChI is InChI=1S/C15H28N2O4/c1-3-5-7-8-9-11-17-15(21)13(19)12(18)14(20)16-10-6-4-2/h4,6,12-13,18-19H,3,5,7-11H2,1-2H3,(H,16,20)(H,17,21). The highest BCUT2D eigenvalue weighted by Gasteiger charge is 2.29. The van der Waals surface area contributed by atoms with E-state index in [2.05, 4.69) is 17.6 Å². The summed E-state index contributed by atoms with van der Waals surface area (Å²) in [5, 5.41) is 24.1. The molecule has 0 aromatic heterocycles. The molecule has 0 saturated carbocycles. The first-order valence-electron chi connectivity index (χ1n) is 7.57. The van der Waals surface area contributed by atoms with Gasteiger partial charge in [0.25, 0.3) is 11.8 Å². The number of amides is 2. The summed E-state index contributed by atoms with van der Waals surface area (Å²) in [5.74, 6) is -1.49. The lowest BCUT2D eigenvalue weighted by Crippen LogP contribution is -2.49. The van der Waals surface area contributed by atoms with Gasteiger partial charge in [0.2, 0.25) is 0 Å². The minimum atomic E-state index is -1.75. The van der Waals surface area contributed by atoms with Crippen molar-refractivity contribution in [3.05, 3.63) is 12.2 Å². The van der Waals surface area contributed by atoms with E-state index in [0.717, 1.165) is 25.7 Å². The number of carbonyl (C=O) groups excluding carboxylic acids is 2. The summed E-state index contributed by atoms with van der Waals surface area (Å²) in [6, 6.07) is 0. The van der Waals surface area contributed by atoms with Gasteiger partial charge in [-0.05, 0) is 13.3 Å². The van der Waals surface area contributed by atoms with Gasteiger partial charge < -0.3 is 20.8 Å². The molecule has 0 radical (unpaired) electrons. The molecule has 122 valence electrons. The van der Waals surface area contributed by atoms with E-state index in [1.165, 1.54) is 6.42 Å². The molecule has 0 saturated heterocycles. The number of hydrogen-bond donors (Lipinski definition) is 4. The molecule has 0 rings (SSSR count). The molecule has 0 aliphatic rings. The molecular weight excluding hydrogens is 272 g/mol. The molecule has 4 N–H and O–H groups in total. The van der Waals surface area contributed by atoms with E-state index >= 15 is 0 Å². The van der Waals surface area contributed by atoms with E-state index in [0.29, 0.717) is 6.54 Å². The summed E-state index contributed by atoms with van der Waals surface area (Å²) in [6.07, 6.45) is 5.20. The number of unbranched alkanes of at least 4 members (excludes halogenated alkanes) is 4. The molecule has 2 amide bonds. The lowest BCUT2D eigenvalue weighted by molar-refractivity contribution is -0.145. The van der Waals surface area contributed by atoms with Crippen molar-refractivity contribution in [1.82, 2.24) is 10.6 Å². The van der Waals surface area contributed by atoms with Gasteiger partial charge >= 0.3 is 0 Å². The molecule has 6 heteroatoms. The van der Waals surface area contributed by atoms with Crippen molar-refractivity contribution in [1.29, 1.82) is 0 Å². The van der Waals surface area contributed by atoms with Gasteiger partial charge in [-0.25, -0.2) is 0 Å². The molecule has 0 heterocycles. The van der Waals surface area contributed by atoms with Crippen LogP contribution in [-0.4, -0.2) is 47.3 Å². The van der Waals surface area contributed by atoms with E-state index in [9.17, 15) is 19.8 Å². The van der Waals surface area contributed by atoms with Crippen LogP contribution >= 0.6 is 0 Å². The Hall–Kier alpha value is -1.40. The Morgan fingerprint density at radius 2 is 1.57 bits per heavy atom. The highest BCUT2D eigenvalue weighted by Crippen LogP contribution is 2.01. The maximum absolute atomic E-state index is 11.6. The van der Waals surface area contributed by atoms with Gasteiger partial charge in [0.1, 0.15) is 0 Å². The van der Waals surface area contributed by atoms with Crippen molar-refractivity contribution in [2.75, 3.05) is 13.1 Å². The molecule has 21 heavy (non-hydrogen) atoms. The topological polar surface area (TPSA) is 98.7 Å². The van der Waals surface area contributed by atoms with Crippen LogP contribution in [0.25, 0.3) is 0 Å². The first kappa shape index (κ1) is 19.6. The van der Waals surface area contributed by atoms with Gasteiger partial charge in [0.05, 0.1) is 0 Å². The van der Waals surface area contributed by atoms with Crippen molar-refractivity contribution < 1.29 is 19.8 Å². The predicted molar refractivity (Wildman–Crippen MR) is 81.6 cm³/mol. The molecule has 0 bridgehead atoms. The zero-order valence-corrected chi connectivity index (χ0v) is 13.0. The second-order valence-corrected chi connectivity index (χ2v) is 4.91. The number of carbonyl (C=O) groups is 2. The first-order chi connectivity index (χ1) is 10.0. The van der Waals surface area contributed by atoms with E-state index in [-0.39, 0.29) is 6.54 Å². The van der Waals surface area contributed by atoms with Crippen LogP contribution in [0.5, 0.6) is 0 Å². The van der Waals surface area contributed by atoms with Crippen molar-refractivity contribution >= 4 is 11.8 Å². The van der Waals surface area contributed by atoms with Crippen LogP contribution in [0.3, 0.4) is 0 Å². The predicted octanol–water partition coefficient (Wildman–Crippen LogP) is 0.487. The molecule has 0 aromatic rings. The van der Waals surface area contributed by atoms with Crippen LogP contribution in [0.4, 0.5) is 0 Å². The average Bonchev–Trinajstić information content (AvgIpc) is 2.49. The van der Waals surface area contributed by atoms with Crippen molar-refractivity contribution in [2.24, 2.45) is 0 Å². The van der Waals surface area contributed by atoms with E-state index in [4.69, 9.17) is 0 Å². The third-order valence-corrected chi connectivity index (χ3v) is 3.05. The Bertz CT molecular complexity index is 332. The first-order valence-corrected chi connectivity index (χ1v) is 7.57. The highest BCUT2D eigenvalue weighted by molar-refractivity contribution is 5.90. The highest BCUT2D eigenvalue weighted by atomic mass is 16.3. The Labute approximate surface area is 126 Å². The molecule has 0 aliphatic heterocycles. The fourth-order valence-corrected chi connectivity index (χ4v) is 1.71. The Kier molecular flexibility index (Phi) is 11.5. The van der Waals surface area contributed by atoms with E-state index < -0.39 is 24.0 Å². The van der Waals surface area contributed by atoms with Crippen LogP contribution < -0.4 is 10.6 Å². The molecule has 0 aromatic carbocycles. The summed E-state index contributed by atoms with van der Waals surface area (Å²) in [6.45, 7) is 4.61. The summed E-state index contributed by atoms with van der Waals surface area (Å²) in [5.41, 5.74) is 0. The fourth-order valence-electron chi connectivity index (χ4n) is 1.71. The fraction of sp³-hybridized carbons (Fsp3) is 0.733. The monoisotopic (exact) mass is 300 g/mol. The van der Waals surface area contributed by atoms with Crippen LogP contribution in [0, 0.1) is 0 Å². The van der Waals surface area contributed by atoms with Gasteiger partial charge in [-0.1, -0.05) is 44.8 Å². The normalized spacial score (nSPS) is 13.9. The maximum atomic E-state index is 11.6. The molecular formula is C15H28N2O4. The molecule has 0 spiro atoms. The average molecular weight is 300 g/mol. The number of rotatable bonds is 11. The third kappa shape index (κ3) is 9.20. The number of nitrogens with one attached hydrogen (secondary N) is 2. The molecule has 2 atom stereocenters. The van der Waals surface area contributed by atoms with Crippen molar-refractivity contribution in [3.63, 3.8) is 0 Å². The van der Waals surface area contributed by atoms with Crippen molar-refractivity contribution in [3.8, 4) is 0 Å². The maximum Gasteiger partial charge on any atom is 0.252 e. The van der Waals surface area contributed by atoms with Gasteiger partial charge in [-0.15, -0.1) is 0 Å². The lowest BCUT2D eigenvalue weighted by Gasteiger charge is -2.16.